The number of aliphatic hydroxyl groups is 1. The summed E-state index contributed by atoms with van der Waals surface area (Å²) in [6, 6.07) is 0. The van der Waals surface area contributed by atoms with Gasteiger partial charge in [-0.1, -0.05) is 26.7 Å². The van der Waals surface area contributed by atoms with Crippen molar-refractivity contribution in [2.24, 2.45) is 5.92 Å². The first kappa shape index (κ1) is 25.6. The van der Waals surface area contributed by atoms with Crippen molar-refractivity contribution in [1.82, 2.24) is 0 Å². The zero-order valence-corrected chi connectivity index (χ0v) is 14.7. The van der Waals surface area contributed by atoms with E-state index in [-0.39, 0.29) is 59.1 Å². The SMILES string of the molecule is CCCCC(C)CO.O=S(=O)([O-])[O-].[Na+].[Na+]. The van der Waals surface area contributed by atoms with E-state index in [4.69, 9.17) is 22.6 Å². The van der Waals surface area contributed by atoms with E-state index >= 15 is 0 Å². The first-order valence-electron chi connectivity index (χ1n) is 4.08. The molecule has 15 heavy (non-hydrogen) atoms. The molecule has 0 heterocycles. The average molecular weight is 258 g/mol. The van der Waals surface area contributed by atoms with Crippen molar-refractivity contribution in [3.8, 4) is 0 Å². The van der Waals surface area contributed by atoms with Crippen LogP contribution in [0.1, 0.15) is 33.1 Å². The Labute approximate surface area is 136 Å². The molecule has 0 aliphatic rings. The predicted octanol–water partition coefficient (Wildman–Crippen LogP) is -5.52. The van der Waals surface area contributed by atoms with Gasteiger partial charge in [0.15, 0.2) is 0 Å². The third-order valence-electron chi connectivity index (χ3n) is 1.36. The van der Waals surface area contributed by atoms with Gasteiger partial charge < -0.3 is 14.2 Å². The fraction of sp³-hybridized carbons (Fsp3) is 1.00. The number of rotatable bonds is 4. The smallest absolute Gasteiger partial charge is 0.759 e. The zero-order chi connectivity index (χ0) is 10.9. The molecule has 0 aliphatic carbocycles. The van der Waals surface area contributed by atoms with E-state index in [1.807, 2.05) is 0 Å². The summed E-state index contributed by atoms with van der Waals surface area (Å²) >= 11 is 0. The van der Waals surface area contributed by atoms with Crippen molar-refractivity contribution in [1.29, 1.82) is 0 Å². The summed E-state index contributed by atoms with van der Waals surface area (Å²) in [6.07, 6.45) is 3.67. The predicted molar refractivity (Wildman–Crippen MR) is 46.2 cm³/mol. The van der Waals surface area contributed by atoms with Gasteiger partial charge in [-0.2, -0.15) is 0 Å². The molecule has 0 aromatic rings. The fourth-order valence-electron chi connectivity index (χ4n) is 0.644. The van der Waals surface area contributed by atoms with Crippen molar-refractivity contribution in [3.63, 3.8) is 0 Å². The molecule has 0 saturated carbocycles. The van der Waals surface area contributed by atoms with Gasteiger partial charge in [0.05, 0.1) is 0 Å². The van der Waals surface area contributed by atoms with Gasteiger partial charge in [-0.3, -0.25) is 8.42 Å². The van der Waals surface area contributed by atoms with Crippen LogP contribution < -0.4 is 59.1 Å². The van der Waals surface area contributed by atoms with E-state index in [9.17, 15) is 0 Å². The Kier molecular flexibility index (Phi) is 27.0. The van der Waals surface area contributed by atoms with Gasteiger partial charge in [0.2, 0.25) is 0 Å². The molecule has 0 aromatic carbocycles. The van der Waals surface area contributed by atoms with Gasteiger partial charge in [0.1, 0.15) is 0 Å². The van der Waals surface area contributed by atoms with Crippen LogP contribution in [0.2, 0.25) is 0 Å². The van der Waals surface area contributed by atoms with E-state index in [1.165, 1.54) is 19.3 Å². The summed E-state index contributed by atoms with van der Waals surface area (Å²) in [7, 11) is -5.17. The maximum Gasteiger partial charge on any atom is 1.00 e. The Balaban J connectivity index is -0.0000000770. The molecule has 0 saturated heterocycles. The molecule has 0 rings (SSSR count). The van der Waals surface area contributed by atoms with E-state index in [2.05, 4.69) is 13.8 Å². The van der Waals surface area contributed by atoms with E-state index < -0.39 is 10.4 Å². The minimum absolute atomic E-state index is 0. The molecule has 82 valence electrons. The summed E-state index contributed by atoms with van der Waals surface area (Å²) in [6.45, 7) is 4.60. The Morgan fingerprint density at radius 1 is 1.27 bits per heavy atom. The third kappa shape index (κ3) is 49.4. The number of aliphatic hydroxyl groups excluding tert-OH is 1. The van der Waals surface area contributed by atoms with E-state index in [0.29, 0.717) is 12.5 Å². The third-order valence-corrected chi connectivity index (χ3v) is 1.36. The van der Waals surface area contributed by atoms with Gasteiger partial charge in [-0.15, -0.1) is 0 Å². The zero-order valence-electron chi connectivity index (χ0n) is 9.89. The van der Waals surface area contributed by atoms with Gasteiger partial charge >= 0.3 is 59.1 Å². The molecule has 1 atom stereocenters. The topological polar surface area (TPSA) is 100 Å². The number of hydrogen-bond acceptors (Lipinski definition) is 5. The summed E-state index contributed by atoms with van der Waals surface area (Å²) < 4.78 is 34.1. The van der Waals surface area contributed by atoms with Gasteiger partial charge in [-0.05, 0) is 12.3 Å². The quantitative estimate of drug-likeness (QED) is 0.308. The van der Waals surface area contributed by atoms with Crippen LogP contribution in [-0.4, -0.2) is 29.2 Å². The van der Waals surface area contributed by atoms with Crippen molar-refractivity contribution in [2.75, 3.05) is 6.61 Å². The van der Waals surface area contributed by atoms with Crippen molar-refractivity contribution in [2.45, 2.75) is 33.1 Å². The van der Waals surface area contributed by atoms with Crippen LogP contribution in [0.15, 0.2) is 0 Å². The molecule has 0 bridgehead atoms. The van der Waals surface area contributed by atoms with E-state index in [1.54, 1.807) is 0 Å². The molecule has 0 radical (unpaired) electrons. The van der Waals surface area contributed by atoms with Crippen LogP contribution in [0.25, 0.3) is 0 Å². The Hall–Kier alpha value is 1.83. The summed E-state index contributed by atoms with van der Waals surface area (Å²) in [4.78, 5) is 0. The summed E-state index contributed by atoms with van der Waals surface area (Å²) in [5, 5.41) is 8.56. The van der Waals surface area contributed by atoms with Crippen molar-refractivity contribution < 1.29 is 81.7 Å². The van der Waals surface area contributed by atoms with Gasteiger partial charge in [0, 0.05) is 17.0 Å². The molecule has 1 unspecified atom stereocenters. The van der Waals surface area contributed by atoms with Crippen LogP contribution >= 0.6 is 0 Å². The summed E-state index contributed by atoms with van der Waals surface area (Å²) in [5.74, 6) is 0.509. The fourth-order valence-corrected chi connectivity index (χ4v) is 0.644. The van der Waals surface area contributed by atoms with Gasteiger partial charge in [0.25, 0.3) is 0 Å². The van der Waals surface area contributed by atoms with Crippen molar-refractivity contribution >= 4 is 10.4 Å². The summed E-state index contributed by atoms with van der Waals surface area (Å²) in [5.41, 5.74) is 0. The van der Waals surface area contributed by atoms with Crippen molar-refractivity contribution in [3.05, 3.63) is 0 Å². The Morgan fingerprint density at radius 3 is 1.80 bits per heavy atom. The van der Waals surface area contributed by atoms with Crippen LogP contribution in [0.5, 0.6) is 0 Å². The maximum atomic E-state index is 8.56. The van der Waals surface area contributed by atoms with Gasteiger partial charge in [-0.25, -0.2) is 0 Å². The Morgan fingerprint density at radius 2 is 1.60 bits per heavy atom. The second-order valence-corrected chi connectivity index (χ2v) is 3.65. The first-order valence-corrected chi connectivity index (χ1v) is 5.42. The van der Waals surface area contributed by atoms with Crippen LogP contribution in [0.4, 0.5) is 0 Å². The normalized spacial score (nSPS) is 11.3. The van der Waals surface area contributed by atoms with Crippen LogP contribution in [-0.2, 0) is 10.4 Å². The number of unbranched alkanes of at least 4 members (excludes halogenated alkanes) is 1. The average Bonchev–Trinajstić information content (AvgIpc) is 1.97. The molecule has 8 heteroatoms. The molecule has 0 aliphatic heterocycles. The molecule has 0 amide bonds. The second kappa shape index (κ2) is 15.8. The molecule has 0 fully saturated rings. The number of hydrogen-bond donors (Lipinski definition) is 1. The maximum absolute atomic E-state index is 8.56. The van der Waals surface area contributed by atoms with Crippen LogP contribution in [0, 0.1) is 5.92 Å². The molecular weight excluding hydrogens is 242 g/mol. The Bertz CT molecular complexity index is 188. The largest absolute Gasteiger partial charge is 1.00 e. The molecule has 1 N–H and O–H groups in total. The second-order valence-electron chi connectivity index (χ2n) is 2.84. The standard InChI is InChI=1S/C7H16O.2Na.H2O4S/c1-3-4-5-7(2)6-8;;;1-5(2,3)4/h7-8H,3-6H2,1-2H3;;;(H2,1,2,3,4)/q;2*+1;/p-2. The molecular formula is C7H16Na2O5S. The monoisotopic (exact) mass is 258 g/mol. The minimum Gasteiger partial charge on any atom is -0.759 e. The molecule has 0 spiro atoms. The first-order chi connectivity index (χ1) is 5.81. The van der Waals surface area contributed by atoms with E-state index in [0.717, 1.165) is 0 Å². The molecule has 5 nitrogen and oxygen atoms in total. The molecule has 0 aromatic heterocycles. The minimum atomic E-state index is -5.17. The van der Waals surface area contributed by atoms with Crippen LogP contribution in [0.3, 0.4) is 0 Å².